The minimum atomic E-state index is -3.39. The molecule has 1 aromatic heterocycles. The molecule has 2 rings (SSSR count). The molecule has 1 atom stereocenters. The fourth-order valence-corrected chi connectivity index (χ4v) is 4.75. The van der Waals surface area contributed by atoms with Crippen molar-refractivity contribution < 1.29 is 8.42 Å². The third-order valence-corrected chi connectivity index (χ3v) is 6.34. The van der Waals surface area contributed by atoms with E-state index in [-0.39, 0.29) is 4.21 Å². The summed E-state index contributed by atoms with van der Waals surface area (Å²) in [5.74, 6) is 0.412. The van der Waals surface area contributed by atoms with E-state index in [0.717, 1.165) is 37.4 Å². The van der Waals surface area contributed by atoms with E-state index in [2.05, 4.69) is 16.5 Å². The van der Waals surface area contributed by atoms with Gasteiger partial charge in [0.15, 0.2) is 0 Å². The summed E-state index contributed by atoms with van der Waals surface area (Å²) in [6.45, 7) is 5.70. The summed E-state index contributed by atoms with van der Waals surface area (Å²) in [6, 6.07) is 3.15. The van der Waals surface area contributed by atoms with Crippen molar-refractivity contribution in [2.75, 3.05) is 26.2 Å². The van der Waals surface area contributed by atoms with Gasteiger partial charge in [0, 0.05) is 13.1 Å². The van der Waals surface area contributed by atoms with E-state index in [9.17, 15) is 8.42 Å². The number of rotatable bonds is 5. The molecule has 4 nitrogen and oxygen atoms in total. The zero-order valence-corrected chi connectivity index (χ0v) is 12.6. The van der Waals surface area contributed by atoms with Gasteiger partial charge >= 0.3 is 0 Å². The molecule has 1 N–H and O–H groups in total. The Morgan fingerprint density at radius 2 is 2.33 bits per heavy atom. The molecule has 1 aliphatic heterocycles. The van der Waals surface area contributed by atoms with Crippen LogP contribution in [0.3, 0.4) is 0 Å². The molecule has 102 valence electrons. The minimum Gasteiger partial charge on any atom is -0.303 e. The highest BCUT2D eigenvalue weighted by molar-refractivity contribution is 7.91. The van der Waals surface area contributed by atoms with Gasteiger partial charge in [-0.3, -0.25) is 0 Å². The number of nitrogens with one attached hydrogen (secondary N) is 1. The number of nitrogens with zero attached hydrogens (tertiary/aromatic N) is 1. The molecule has 0 radical (unpaired) electrons. The zero-order chi connectivity index (χ0) is 13.2. The van der Waals surface area contributed by atoms with Gasteiger partial charge in [0.05, 0.1) is 4.34 Å². The van der Waals surface area contributed by atoms with Crippen LogP contribution in [0, 0.1) is 5.92 Å². The van der Waals surface area contributed by atoms with Gasteiger partial charge in [0.1, 0.15) is 4.21 Å². The van der Waals surface area contributed by atoms with Crippen molar-refractivity contribution in [1.82, 2.24) is 9.62 Å². The number of hydrogen-bond acceptors (Lipinski definition) is 4. The Balaban J connectivity index is 1.90. The van der Waals surface area contributed by atoms with Crippen molar-refractivity contribution in [1.29, 1.82) is 0 Å². The maximum atomic E-state index is 12.0. The van der Waals surface area contributed by atoms with Crippen LogP contribution in [0.1, 0.15) is 13.3 Å². The SMILES string of the molecule is CCN1CC[C@H](CNS(=O)(=O)c2ccc(Cl)s2)C1. The molecule has 0 unspecified atom stereocenters. The molecule has 1 fully saturated rings. The van der Waals surface area contributed by atoms with Gasteiger partial charge in [-0.15, -0.1) is 11.3 Å². The lowest BCUT2D eigenvalue weighted by Crippen LogP contribution is -2.30. The highest BCUT2D eigenvalue weighted by Crippen LogP contribution is 2.25. The number of hydrogen-bond donors (Lipinski definition) is 1. The van der Waals surface area contributed by atoms with Crippen molar-refractivity contribution in [3.8, 4) is 0 Å². The Morgan fingerprint density at radius 3 is 2.89 bits per heavy atom. The Hall–Kier alpha value is -0.140. The lowest BCUT2D eigenvalue weighted by Gasteiger charge is -2.13. The van der Waals surface area contributed by atoms with Crippen LogP contribution in [0.2, 0.25) is 4.34 Å². The Morgan fingerprint density at radius 1 is 1.56 bits per heavy atom. The van der Waals surface area contributed by atoms with Crippen LogP contribution >= 0.6 is 22.9 Å². The lowest BCUT2D eigenvalue weighted by molar-refractivity contribution is 0.342. The van der Waals surface area contributed by atoms with Gasteiger partial charge < -0.3 is 4.90 Å². The molecule has 0 aromatic carbocycles. The summed E-state index contributed by atoms with van der Waals surface area (Å²) in [6.07, 6.45) is 1.06. The van der Waals surface area contributed by atoms with Crippen LogP contribution in [0.4, 0.5) is 0 Å². The van der Waals surface area contributed by atoms with Crippen LogP contribution in [0.25, 0.3) is 0 Å². The standard InChI is InChI=1S/C11H17ClN2O2S2/c1-2-14-6-5-9(8-14)7-13-18(15,16)11-4-3-10(12)17-11/h3-4,9,13H,2,5-8H2,1H3/t9-/m1/s1. The van der Waals surface area contributed by atoms with Crippen LogP contribution in [0.15, 0.2) is 16.3 Å². The third-order valence-electron chi connectivity index (χ3n) is 3.19. The van der Waals surface area contributed by atoms with E-state index >= 15 is 0 Å². The highest BCUT2D eigenvalue weighted by Gasteiger charge is 2.24. The maximum absolute atomic E-state index is 12.0. The molecule has 0 spiro atoms. The van der Waals surface area contributed by atoms with E-state index in [4.69, 9.17) is 11.6 Å². The molecule has 1 aliphatic rings. The number of likely N-dealkylation sites (tertiary alicyclic amines) is 1. The predicted molar refractivity (Wildman–Crippen MR) is 74.7 cm³/mol. The first-order valence-corrected chi connectivity index (χ1v) is 8.66. The molecule has 0 aliphatic carbocycles. The van der Waals surface area contributed by atoms with Gasteiger partial charge in [-0.05, 0) is 37.6 Å². The normalized spacial score (nSPS) is 21.6. The Labute approximate surface area is 117 Å². The second-order valence-corrected chi connectivity index (χ2v) is 8.17. The smallest absolute Gasteiger partial charge is 0.250 e. The molecule has 2 heterocycles. The first-order valence-electron chi connectivity index (χ1n) is 5.98. The molecule has 0 bridgehead atoms. The van der Waals surface area contributed by atoms with Crippen LogP contribution < -0.4 is 4.72 Å². The van der Waals surface area contributed by atoms with Crippen molar-refractivity contribution >= 4 is 33.0 Å². The molecule has 0 saturated carbocycles. The average molecular weight is 309 g/mol. The van der Waals surface area contributed by atoms with E-state index < -0.39 is 10.0 Å². The summed E-state index contributed by atoms with van der Waals surface area (Å²) in [5, 5.41) is 0. The van der Waals surface area contributed by atoms with Crippen LogP contribution in [0.5, 0.6) is 0 Å². The summed E-state index contributed by atoms with van der Waals surface area (Å²) >= 11 is 6.84. The summed E-state index contributed by atoms with van der Waals surface area (Å²) in [7, 11) is -3.39. The lowest BCUT2D eigenvalue weighted by atomic mass is 10.1. The van der Waals surface area contributed by atoms with Gasteiger partial charge in [-0.25, -0.2) is 13.1 Å². The quantitative estimate of drug-likeness (QED) is 0.905. The predicted octanol–water partition coefficient (Wildman–Crippen LogP) is 2.02. The third kappa shape index (κ3) is 3.45. The van der Waals surface area contributed by atoms with E-state index in [0.29, 0.717) is 16.8 Å². The Bertz CT molecular complexity index is 501. The number of sulfonamides is 1. The van der Waals surface area contributed by atoms with Crippen LogP contribution in [-0.2, 0) is 10.0 Å². The van der Waals surface area contributed by atoms with Gasteiger partial charge in [0.2, 0.25) is 10.0 Å². The fourth-order valence-electron chi connectivity index (χ4n) is 2.11. The minimum absolute atomic E-state index is 0.290. The topological polar surface area (TPSA) is 49.4 Å². The number of thiophene rings is 1. The molecule has 18 heavy (non-hydrogen) atoms. The largest absolute Gasteiger partial charge is 0.303 e. The molecular formula is C11H17ClN2O2S2. The van der Waals surface area contributed by atoms with E-state index in [1.54, 1.807) is 12.1 Å². The van der Waals surface area contributed by atoms with Gasteiger partial charge in [-0.2, -0.15) is 0 Å². The van der Waals surface area contributed by atoms with Crippen LogP contribution in [-0.4, -0.2) is 39.5 Å². The summed E-state index contributed by atoms with van der Waals surface area (Å²) in [5.41, 5.74) is 0. The Kier molecular flexibility index (Phi) is 4.66. The first kappa shape index (κ1) is 14.3. The maximum Gasteiger partial charge on any atom is 0.250 e. The molecule has 1 saturated heterocycles. The molecule has 1 aromatic rings. The molecule has 0 amide bonds. The number of halogens is 1. The van der Waals surface area contributed by atoms with Crippen molar-refractivity contribution in [2.45, 2.75) is 17.6 Å². The second-order valence-electron chi connectivity index (χ2n) is 4.46. The molecule has 7 heteroatoms. The van der Waals surface area contributed by atoms with Crippen molar-refractivity contribution in [3.05, 3.63) is 16.5 Å². The average Bonchev–Trinajstić information content (AvgIpc) is 2.95. The van der Waals surface area contributed by atoms with E-state index in [1.165, 1.54) is 0 Å². The summed E-state index contributed by atoms with van der Waals surface area (Å²) < 4.78 is 27.4. The monoisotopic (exact) mass is 308 g/mol. The zero-order valence-electron chi connectivity index (χ0n) is 10.2. The molecular weight excluding hydrogens is 292 g/mol. The van der Waals surface area contributed by atoms with E-state index in [1.807, 2.05) is 0 Å². The van der Waals surface area contributed by atoms with Crippen molar-refractivity contribution in [2.24, 2.45) is 5.92 Å². The van der Waals surface area contributed by atoms with Gasteiger partial charge in [0.25, 0.3) is 0 Å². The highest BCUT2D eigenvalue weighted by atomic mass is 35.5. The second kappa shape index (κ2) is 5.88. The first-order chi connectivity index (χ1) is 8.51. The summed E-state index contributed by atoms with van der Waals surface area (Å²) in [4.78, 5) is 2.33. The van der Waals surface area contributed by atoms with Gasteiger partial charge in [-0.1, -0.05) is 18.5 Å². The fraction of sp³-hybridized carbons (Fsp3) is 0.636. The van der Waals surface area contributed by atoms with Crippen molar-refractivity contribution in [3.63, 3.8) is 0 Å².